The highest BCUT2D eigenvalue weighted by Crippen LogP contribution is 2.25. The fourth-order valence-electron chi connectivity index (χ4n) is 2.97. The molecule has 2 N–H and O–H groups in total. The highest BCUT2D eigenvalue weighted by Gasteiger charge is 2.16. The molecule has 0 bridgehead atoms. The second-order valence-corrected chi connectivity index (χ2v) is 6.69. The Labute approximate surface area is 149 Å². The molecule has 0 spiro atoms. The van der Waals surface area contributed by atoms with Crippen LogP contribution in [0.5, 0.6) is 5.75 Å². The number of benzene rings is 2. The second-order valence-electron chi connectivity index (χ2n) is 6.28. The molecule has 0 aromatic heterocycles. The fraction of sp³-hybridized carbons (Fsp3) is 0.350. The third-order valence-electron chi connectivity index (χ3n) is 4.42. The van der Waals surface area contributed by atoms with Crippen LogP contribution in [0.2, 0.25) is 0 Å². The third kappa shape index (κ3) is 4.71. The van der Waals surface area contributed by atoms with Gasteiger partial charge in [-0.25, -0.2) is 0 Å². The molecule has 0 saturated heterocycles. The number of aryl methyl sites for hydroxylation is 1. The van der Waals surface area contributed by atoms with Crippen LogP contribution >= 0.6 is 12.2 Å². The summed E-state index contributed by atoms with van der Waals surface area (Å²) < 4.78 is 5.98. The lowest BCUT2D eigenvalue weighted by molar-refractivity contribution is 0.210. The summed E-state index contributed by atoms with van der Waals surface area (Å²) in [6.45, 7) is 2.83. The lowest BCUT2D eigenvalue weighted by Gasteiger charge is -2.14. The van der Waals surface area contributed by atoms with Crippen molar-refractivity contribution in [3.8, 4) is 5.75 Å². The van der Waals surface area contributed by atoms with Crippen LogP contribution in [0.1, 0.15) is 36.8 Å². The van der Waals surface area contributed by atoms with Crippen LogP contribution in [-0.4, -0.2) is 11.2 Å². The molecule has 126 valence electrons. The number of hydrogen-bond acceptors (Lipinski definition) is 2. The van der Waals surface area contributed by atoms with Crippen LogP contribution in [-0.2, 0) is 6.54 Å². The van der Waals surface area contributed by atoms with Crippen LogP contribution < -0.4 is 15.4 Å². The quantitative estimate of drug-likeness (QED) is 0.766. The van der Waals surface area contributed by atoms with Gasteiger partial charge in [-0.3, -0.25) is 0 Å². The van der Waals surface area contributed by atoms with E-state index in [4.69, 9.17) is 17.0 Å². The number of nitrogens with one attached hydrogen (secondary N) is 2. The van der Waals surface area contributed by atoms with Gasteiger partial charge >= 0.3 is 0 Å². The Kier molecular flexibility index (Phi) is 5.70. The SMILES string of the molecule is Cc1ccccc1CNC(=S)Nc1ccc(OC2CCCC2)cc1. The highest BCUT2D eigenvalue weighted by atomic mass is 32.1. The van der Waals surface area contributed by atoms with Crippen LogP contribution in [0.25, 0.3) is 0 Å². The molecule has 1 aliphatic rings. The van der Waals surface area contributed by atoms with E-state index in [1.807, 2.05) is 36.4 Å². The van der Waals surface area contributed by atoms with Crippen molar-refractivity contribution in [3.05, 3.63) is 59.7 Å². The predicted molar refractivity (Wildman–Crippen MR) is 104 cm³/mol. The topological polar surface area (TPSA) is 33.3 Å². The Hall–Kier alpha value is -2.07. The number of thiocarbonyl (C=S) groups is 1. The van der Waals surface area contributed by atoms with E-state index in [1.54, 1.807) is 0 Å². The van der Waals surface area contributed by atoms with E-state index in [0.29, 0.717) is 11.2 Å². The third-order valence-corrected chi connectivity index (χ3v) is 4.66. The van der Waals surface area contributed by atoms with Gasteiger partial charge in [0, 0.05) is 12.2 Å². The minimum absolute atomic E-state index is 0.390. The molecule has 0 amide bonds. The van der Waals surface area contributed by atoms with Gasteiger partial charge in [-0.2, -0.15) is 0 Å². The van der Waals surface area contributed by atoms with E-state index in [0.717, 1.165) is 18.0 Å². The van der Waals surface area contributed by atoms with Crippen molar-refractivity contribution >= 4 is 23.0 Å². The lowest BCUT2D eigenvalue weighted by atomic mass is 10.1. The first-order chi connectivity index (χ1) is 11.7. The van der Waals surface area contributed by atoms with Gasteiger partial charge in [0.1, 0.15) is 5.75 Å². The van der Waals surface area contributed by atoms with Crippen molar-refractivity contribution in [2.45, 2.75) is 45.3 Å². The smallest absolute Gasteiger partial charge is 0.171 e. The zero-order valence-corrected chi connectivity index (χ0v) is 14.9. The summed E-state index contributed by atoms with van der Waals surface area (Å²) >= 11 is 5.37. The molecule has 0 heterocycles. The van der Waals surface area contributed by atoms with Crippen LogP contribution in [0.4, 0.5) is 5.69 Å². The lowest BCUT2D eigenvalue weighted by Crippen LogP contribution is -2.28. The molecule has 0 radical (unpaired) electrons. The Morgan fingerprint density at radius 2 is 1.79 bits per heavy atom. The van der Waals surface area contributed by atoms with E-state index >= 15 is 0 Å². The van der Waals surface area contributed by atoms with E-state index in [2.05, 4.69) is 29.7 Å². The fourth-order valence-corrected chi connectivity index (χ4v) is 3.16. The molecule has 1 fully saturated rings. The summed E-state index contributed by atoms with van der Waals surface area (Å²) in [4.78, 5) is 0. The zero-order valence-electron chi connectivity index (χ0n) is 14.0. The van der Waals surface area contributed by atoms with Crippen molar-refractivity contribution in [3.63, 3.8) is 0 Å². The van der Waals surface area contributed by atoms with Crippen LogP contribution in [0.3, 0.4) is 0 Å². The van der Waals surface area contributed by atoms with Gasteiger partial charge in [-0.15, -0.1) is 0 Å². The van der Waals surface area contributed by atoms with Gasteiger partial charge in [0.05, 0.1) is 6.10 Å². The van der Waals surface area contributed by atoms with Crippen LogP contribution in [0.15, 0.2) is 48.5 Å². The number of ether oxygens (including phenoxy) is 1. The van der Waals surface area contributed by atoms with E-state index < -0.39 is 0 Å². The molecule has 24 heavy (non-hydrogen) atoms. The molecule has 0 unspecified atom stereocenters. The van der Waals surface area contributed by atoms with Gasteiger partial charge in [0.2, 0.25) is 0 Å². The summed E-state index contributed by atoms with van der Waals surface area (Å²) in [5.41, 5.74) is 3.49. The molecular weight excluding hydrogens is 316 g/mol. The first-order valence-electron chi connectivity index (χ1n) is 8.57. The second kappa shape index (κ2) is 8.15. The van der Waals surface area contributed by atoms with Crippen molar-refractivity contribution in [1.29, 1.82) is 0 Å². The van der Waals surface area contributed by atoms with E-state index in [-0.39, 0.29) is 0 Å². The number of hydrogen-bond donors (Lipinski definition) is 2. The predicted octanol–water partition coefficient (Wildman–Crippen LogP) is 4.80. The molecule has 1 saturated carbocycles. The highest BCUT2D eigenvalue weighted by molar-refractivity contribution is 7.80. The summed E-state index contributed by atoms with van der Waals surface area (Å²) in [7, 11) is 0. The average Bonchev–Trinajstić information content (AvgIpc) is 3.09. The minimum Gasteiger partial charge on any atom is -0.490 e. The van der Waals surface area contributed by atoms with Gasteiger partial charge in [0.15, 0.2) is 5.11 Å². The summed E-state index contributed by atoms with van der Waals surface area (Å²) in [6, 6.07) is 16.3. The van der Waals surface area contributed by atoms with E-state index in [1.165, 1.54) is 36.8 Å². The largest absolute Gasteiger partial charge is 0.490 e. The number of anilines is 1. The van der Waals surface area contributed by atoms with Crippen molar-refractivity contribution in [2.24, 2.45) is 0 Å². The zero-order chi connectivity index (χ0) is 16.8. The van der Waals surface area contributed by atoms with Gasteiger partial charge < -0.3 is 15.4 Å². The Bertz CT molecular complexity index is 678. The first kappa shape index (κ1) is 16.8. The molecule has 1 aliphatic carbocycles. The monoisotopic (exact) mass is 340 g/mol. The van der Waals surface area contributed by atoms with E-state index in [9.17, 15) is 0 Å². The molecular formula is C20H24N2OS. The summed E-state index contributed by atoms with van der Waals surface area (Å²) in [6.07, 6.45) is 5.30. The van der Waals surface area contributed by atoms with Gasteiger partial charge in [0.25, 0.3) is 0 Å². The molecule has 2 aromatic carbocycles. The van der Waals surface area contributed by atoms with Gasteiger partial charge in [-0.05, 0) is 80.2 Å². The van der Waals surface area contributed by atoms with Crippen LogP contribution in [0, 0.1) is 6.92 Å². The van der Waals surface area contributed by atoms with Crippen molar-refractivity contribution < 1.29 is 4.74 Å². The summed E-state index contributed by atoms with van der Waals surface area (Å²) in [5, 5.41) is 7.10. The standard InChI is InChI=1S/C20H24N2OS/c1-15-6-2-3-7-16(15)14-21-20(24)22-17-10-12-19(13-11-17)23-18-8-4-5-9-18/h2-3,6-7,10-13,18H,4-5,8-9,14H2,1H3,(H2,21,22,24). The summed E-state index contributed by atoms with van der Waals surface area (Å²) in [5.74, 6) is 0.936. The molecule has 3 nitrogen and oxygen atoms in total. The maximum atomic E-state index is 5.98. The Morgan fingerprint density at radius 1 is 1.08 bits per heavy atom. The van der Waals surface area contributed by atoms with Crippen molar-refractivity contribution in [2.75, 3.05) is 5.32 Å². The average molecular weight is 340 g/mol. The molecule has 3 rings (SSSR count). The van der Waals surface area contributed by atoms with Crippen molar-refractivity contribution in [1.82, 2.24) is 5.32 Å². The maximum Gasteiger partial charge on any atom is 0.171 e. The maximum absolute atomic E-state index is 5.98. The number of rotatable bonds is 5. The normalized spacial score (nSPS) is 14.4. The molecule has 4 heteroatoms. The Morgan fingerprint density at radius 3 is 2.50 bits per heavy atom. The molecule has 0 aliphatic heterocycles. The molecule has 0 atom stereocenters. The Balaban J connectivity index is 1.48. The first-order valence-corrected chi connectivity index (χ1v) is 8.97. The minimum atomic E-state index is 0.390. The molecule has 2 aromatic rings. The van der Waals surface area contributed by atoms with Gasteiger partial charge in [-0.1, -0.05) is 24.3 Å².